The van der Waals surface area contributed by atoms with Gasteiger partial charge in [-0.3, -0.25) is 9.59 Å². The predicted molar refractivity (Wildman–Crippen MR) is 75.5 cm³/mol. The third-order valence-corrected chi connectivity index (χ3v) is 3.13. The van der Waals surface area contributed by atoms with Gasteiger partial charge in [-0.1, -0.05) is 18.2 Å². The maximum absolute atomic E-state index is 12.3. The van der Waals surface area contributed by atoms with Gasteiger partial charge in [0.1, 0.15) is 5.75 Å². The molecule has 0 spiro atoms. The maximum Gasteiger partial charge on any atom is 0.264 e. The summed E-state index contributed by atoms with van der Waals surface area (Å²) in [4.78, 5) is 25.3. The molecule has 2 amide bonds. The molecule has 0 aromatic heterocycles. The molecule has 108 valence electrons. The zero-order chi connectivity index (χ0) is 14.7. The van der Waals surface area contributed by atoms with Crippen LogP contribution in [-0.4, -0.2) is 42.5 Å². The van der Waals surface area contributed by atoms with Crippen LogP contribution in [0.3, 0.4) is 0 Å². The van der Waals surface area contributed by atoms with Gasteiger partial charge in [0.2, 0.25) is 5.91 Å². The second kappa shape index (κ2) is 5.94. The minimum atomic E-state index is -0.524. The molecule has 0 fully saturated rings. The number of likely N-dealkylation sites (N-methyl/N-ethyl adjacent to an activating group) is 1. The average Bonchev–Trinajstić information content (AvgIpc) is 2.80. The molecule has 0 bridgehead atoms. The van der Waals surface area contributed by atoms with Crippen LogP contribution >= 0.6 is 0 Å². The highest BCUT2D eigenvalue weighted by molar-refractivity contribution is 5.87. The Morgan fingerprint density at radius 3 is 2.75 bits per heavy atom. The van der Waals surface area contributed by atoms with Crippen LogP contribution in [0.1, 0.15) is 19.4 Å². The second-order valence-corrected chi connectivity index (χ2v) is 5.33. The van der Waals surface area contributed by atoms with Crippen LogP contribution in [0.2, 0.25) is 0 Å². The molecular formula is C15H20N2O3. The number of hydrogen-bond acceptors (Lipinski definition) is 3. The molecule has 1 aromatic rings. The number of ether oxygens (including phenoxy) is 1. The highest BCUT2D eigenvalue weighted by Gasteiger charge is 2.31. The normalized spacial score (nSPS) is 16.5. The van der Waals surface area contributed by atoms with Gasteiger partial charge in [0.25, 0.3) is 5.91 Å². The van der Waals surface area contributed by atoms with Crippen LogP contribution in [0.4, 0.5) is 0 Å². The van der Waals surface area contributed by atoms with E-state index < -0.39 is 6.10 Å². The van der Waals surface area contributed by atoms with E-state index >= 15 is 0 Å². The molecule has 5 heteroatoms. The topological polar surface area (TPSA) is 58.6 Å². The first-order chi connectivity index (χ1) is 9.47. The maximum atomic E-state index is 12.3. The highest BCUT2D eigenvalue weighted by Crippen LogP contribution is 2.28. The number of nitrogens with zero attached hydrogens (tertiary/aromatic N) is 1. The number of amides is 2. The zero-order valence-electron chi connectivity index (χ0n) is 12.1. The molecule has 5 nitrogen and oxygen atoms in total. The summed E-state index contributed by atoms with van der Waals surface area (Å²) in [6.07, 6.45) is 0.0368. The molecule has 1 atom stereocenters. The Hall–Kier alpha value is -2.04. The molecule has 1 aromatic carbocycles. The fourth-order valence-corrected chi connectivity index (χ4v) is 2.23. The molecule has 2 rings (SSSR count). The number of para-hydroxylation sites is 1. The van der Waals surface area contributed by atoms with Crippen molar-refractivity contribution < 1.29 is 14.3 Å². The molecular weight excluding hydrogens is 256 g/mol. The van der Waals surface area contributed by atoms with Crippen molar-refractivity contribution >= 4 is 11.8 Å². The highest BCUT2D eigenvalue weighted by atomic mass is 16.5. The lowest BCUT2D eigenvalue weighted by molar-refractivity contribution is -0.140. The lowest BCUT2D eigenvalue weighted by Crippen LogP contribution is -2.45. The van der Waals surface area contributed by atoms with Crippen molar-refractivity contribution in [2.45, 2.75) is 32.4 Å². The fourth-order valence-electron chi connectivity index (χ4n) is 2.23. The number of rotatable bonds is 4. The van der Waals surface area contributed by atoms with Gasteiger partial charge < -0.3 is 15.0 Å². The van der Waals surface area contributed by atoms with E-state index in [1.54, 1.807) is 7.05 Å². The quantitative estimate of drug-likeness (QED) is 0.891. The summed E-state index contributed by atoms with van der Waals surface area (Å²) in [6.45, 7) is 3.82. The van der Waals surface area contributed by atoms with Crippen molar-refractivity contribution in [1.29, 1.82) is 0 Å². The van der Waals surface area contributed by atoms with Crippen LogP contribution in [0.15, 0.2) is 24.3 Å². The van der Waals surface area contributed by atoms with Gasteiger partial charge in [-0.2, -0.15) is 0 Å². The number of fused-ring (bicyclic) bond motifs is 1. The molecule has 0 saturated heterocycles. The second-order valence-electron chi connectivity index (χ2n) is 5.33. The van der Waals surface area contributed by atoms with Crippen molar-refractivity contribution in [2.75, 3.05) is 13.6 Å². The number of hydrogen-bond donors (Lipinski definition) is 1. The summed E-state index contributed by atoms with van der Waals surface area (Å²) < 4.78 is 5.63. The molecule has 1 N–H and O–H groups in total. The van der Waals surface area contributed by atoms with E-state index in [2.05, 4.69) is 5.32 Å². The summed E-state index contributed by atoms with van der Waals surface area (Å²) in [7, 11) is 1.62. The van der Waals surface area contributed by atoms with Crippen LogP contribution in [0.5, 0.6) is 5.75 Å². The van der Waals surface area contributed by atoms with E-state index in [0.717, 1.165) is 11.3 Å². The van der Waals surface area contributed by atoms with Gasteiger partial charge in [-0.15, -0.1) is 0 Å². The number of nitrogens with one attached hydrogen (secondary N) is 1. The summed E-state index contributed by atoms with van der Waals surface area (Å²) in [6, 6.07) is 7.68. The van der Waals surface area contributed by atoms with E-state index in [9.17, 15) is 9.59 Å². The molecule has 20 heavy (non-hydrogen) atoms. The van der Waals surface area contributed by atoms with Gasteiger partial charge in [-0.25, -0.2) is 0 Å². The number of carbonyl (C=O) groups is 2. The van der Waals surface area contributed by atoms with Gasteiger partial charge >= 0.3 is 0 Å². The van der Waals surface area contributed by atoms with Crippen molar-refractivity contribution in [3.05, 3.63) is 29.8 Å². The Bertz CT molecular complexity index is 489. The number of carbonyl (C=O) groups excluding carboxylic acids is 2. The first-order valence-electron chi connectivity index (χ1n) is 6.76. The van der Waals surface area contributed by atoms with E-state index in [1.807, 2.05) is 38.1 Å². The Morgan fingerprint density at radius 1 is 1.40 bits per heavy atom. The standard InChI is InChI=1S/C15H20N2O3/c1-10(2)16-14(18)9-17(3)15(19)13-8-11-6-4-5-7-12(11)20-13/h4-7,10,13H,8-9H2,1-3H3,(H,16,18)/t13-/m1/s1. The molecule has 1 heterocycles. The third-order valence-electron chi connectivity index (χ3n) is 3.13. The monoisotopic (exact) mass is 276 g/mol. The largest absolute Gasteiger partial charge is 0.480 e. The molecule has 0 saturated carbocycles. The minimum absolute atomic E-state index is 0.0488. The van der Waals surface area contributed by atoms with E-state index in [4.69, 9.17) is 4.74 Å². The van der Waals surface area contributed by atoms with Crippen molar-refractivity contribution in [2.24, 2.45) is 0 Å². The Labute approximate surface area is 118 Å². The summed E-state index contributed by atoms with van der Waals surface area (Å²) in [5.74, 6) is 0.428. The predicted octanol–water partition coefficient (Wildman–Crippen LogP) is 0.973. The fraction of sp³-hybridized carbons (Fsp3) is 0.467. The van der Waals surface area contributed by atoms with Crippen LogP contribution in [-0.2, 0) is 16.0 Å². The molecule has 0 unspecified atom stereocenters. The van der Waals surface area contributed by atoms with Crippen molar-refractivity contribution in [3.63, 3.8) is 0 Å². The Balaban J connectivity index is 1.91. The van der Waals surface area contributed by atoms with Gasteiger partial charge in [0, 0.05) is 19.5 Å². The van der Waals surface area contributed by atoms with Gasteiger partial charge in [-0.05, 0) is 25.5 Å². The summed E-state index contributed by atoms with van der Waals surface area (Å²) >= 11 is 0. The van der Waals surface area contributed by atoms with E-state index in [-0.39, 0.29) is 24.4 Å². The Kier molecular flexibility index (Phi) is 4.27. The Morgan fingerprint density at radius 2 is 2.10 bits per heavy atom. The molecule has 0 radical (unpaired) electrons. The average molecular weight is 276 g/mol. The number of benzene rings is 1. The van der Waals surface area contributed by atoms with Crippen molar-refractivity contribution in [3.8, 4) is 5.75 Å². The summed E-state index contributed by atoms with van der Waals surface area (Å²) in [5.41, 5.74) is 1.03. The zero-order valence-corrected chi connectivity index (χ0v) is 12.1. The molecule has 0 aliphatic carbocycles. The smallest absolute Gasteiger partial charge is 0.264 e. The SMILES string of the molecule is CC(C)NC(=O)CN(C)C(=O)[C@H]1Cc2ccccc2O1. The van der Waals surface area contributed by atoms with Crippen LogP contribution in [0, 0.1) is 0 Å². The minimum Gasteiger partial charge on any atom is -0.480 e. The third kappa shape index (κ3) is 3.29. The van der Waals surface area contributed by atoms with Crippen LogP contribution in [0.25, 0.3) is 0 Å². The lowest BCUT2D eigenvalue weighted by Gasteiger charge is -2.21. The van der Waals surface area contributed by atoms with E-state index in [0.29, 0.717) is 6.42 Å². The summed E-state index contributed by atoms with van der Waals surface area (Å²) in [5, 5.41) is 2.76. The van der Waals surface area contributed by atoms with Crippen LogP contribution < -0.4 is 10.1 Å². The molecule has 1 aliphatic rings. The molecule has 1 aliphatic heterocycles. The first kappa shape index (κ1) is 14.4. The van der Waals surface area contributed by atoms with Gasteiger partial charge in [0.15, 0.2) is 6.10 Å². The first-order valence-corrected chi connectivity index (χ1v) is 6.76. The lowest BCUT2D eigenvalue weighted by atomic mass is 10.1. The van der Waals surface area contributed by atoms with Gasteiger partial charge in [0.05, 0.1) is 6.54 Å². The van der Waals surface area contributed by atoms with E-state index in [1.165, 1.54) is 4.90 Å². The van der Waals surface area contributed by atoms with Crippen molar-refractivity contribution in [1.82, 2.24) is 10.2 Å².